The lowest BCUT2D eigenvalue weighted by atomic mass is 10.1. The summed E-state index contributed by atoms with van der Waals surface area (Å²) in [5.41, 5.74) is 0. The van der Waals surface area contributed by atoms with Crippen LogP contribution in [0.25, 0.3) is 0 Å². The van der Waals surface area contributed by atoms with Crippen molar-refractivity contribution in [2.75, 3.05) is 13.2 Å². The van der Waals surface area contributed by atoms with Crippen LogP contribution in [0.15, 0.2) is 170 Å². The summed E-state index contributed by atoms with van der Waals surface area (Å²) in [6, 6.07) is 0. The van der Waals surface area contributed by atoms with Crippen molar-refractivity contribution in [2.24, 2.45) is 0 Å². The normalized spacial score (nSPS) is 13.7. The molecule has 1 unspecified atom stereocenters. The van der Waals surface area contributed by atoms with Crippen molar-refractivity contribution in [2.45, 2.75) is 187 Å². The van der Waals surface area contributed by atoms with Gasteiger partial charge in [-0.3, -0.25) is 9.59 Å². The molecule has 0 radical (unpaired) electrons. The molecule has 5 nitrogen and oxygen atoms in total. The summed E-state index contributed by atoms with van der Waals surface area (Å²) in [7, 11) is 0. The summed E-state index contributed by atoms with van der Waals surface area (Å²) in [5.74, 6) is -0.688. The summed E-state index contributed by atoms with van der Waals surface area (Å²) in [5, 5.41) is 9.61. The number of carbonyl (C=O) groups excluding carboxylic acids is 2. The average molecular weight is 905 g/mol. The van der Waals surface area contributed by atoms with Crippen LogP contribution in [0.2, 0.25) is 0 Å². The SMILES string of the molecule is CC/C=C\C/C=C\C/C=C\C/C=C\C/C=C\C/C=C\C/C=C\C/C=C\C/C=C\CCCCCCCCCC(=O)OC(CO)COC(=O)CCC/C=C\C/C=C\C/C=C\C/C=C\C/C=C\CC. The molecule has 0 spiro atoms. The van der Waals surface area contributed by atoms with Gasteiger partial charge in [-0.2, -0.15) is 0 Å². The number of unbranched alkanes of at least 4 members (excludes halogenated alkanes) is 8. The van der Waals surface area contributed by atoms with E-state index in [0.29, 0.717) is 19.3 Å². The lowest BCUT2D eigenvalue weighted by Gasteiger charge is -2.15. The molecule has 1 N–H and O–H groups in total. The van der Waals surface area contributed by atoms with Crippen molar-refractivity contribution in [3.63, 3.8) is 0 Å². The van der Waals surface area contributed by atoms with Crippen LogP contribution in [0.3, 0.4) is 0 Å². The first-order valence-electron chi connectivity index (χ1n) is 25.7. The molecule has 0 heterocycles. The maximum absolute atomic E-state index is 12.3. The molecule has 0 aliphatic heterocycles. The molecule has 0 saturated carbocycles. The predicted octanol–water partition coefficient (Wildman–Crippen LogP) is 17.4. The number of rotatable bonds is 44. The van der Waals surface area contributed by atoms with Crippen LogP contribution >= 0.6 is 0 Å². The third-order valence-electron chi connectivity index (χ3n) is 10.0. The molecule has 0 rings (SSSR count). The Morgan fingerprint density at radius 3 is 0.955 bits per heavy atom. The van der Waals surface area contributed by atoms with Gasteiger partial charge in [0.1, 0.15) is 6.61 Å². The molecule has 0 aromatic heterocycles. The Morgan fingerprint density at radius 1 is 0.348 bits per heavy atom. The van der Waals surface area contributed by atoms with Crippen LogP contribution in [0, 0.1) is 0 Å². The molecule has 0 aliphatic carbocycles. The average Bonchev–Trinajstić information content (AvgIpc) is 3.32. The highest BCUT2D eigenvalue weighted by Crippen LogP contribution is 2.12. The first kappa shape index (κ1) is 61.3. The maximum Gasteiger partial charge on any atom is 0.306 e. The Bertz CT molecular complexity index is 1540. The van der Waals surface area contributed by atoms with Gasteiger partial charge in [0.05, 0.1) is 6.61 Å². The van der Waals surface area contributed by atoms with Crippen molar-refractivity contribution in [1.82, 2.24) is 0 Å². The van der Waals surface area contributed by atoms with Gasteiger partial charge >= 0.3 is 11.9 Å². The summed E-state index contributed by atoms with van der Waals surface area (Å²) in [6.45, 7) is 3.83. The van der Waals surface area contributed by atoms with E-state index in [1.165, 1.54) is 25.7 Å². The third-order valence-corrected chi connectivity index (χ3v) is 10.0. The van der Waals surface area contributed by atoms with Crippen molar-refractivity contribution in [3.8, 4) is 0 Å². The van der Waals surface area contributed by atoms with Crippen molar-refractivity contribution < 1.29 is 24.2 Å². The lowest BCUT2D eigenvalue weighted by molar-refractivity contribution is -0.161. The molecule has 0 amide bonds. The minimum atomic E-state index is -0.815. The fraction of sp³-hybridized carbons (Fsp3) is 0.508. The zero-order chi connectivity index (χ0) is 47.7. The van der Waals surface area contributed by atoms with Gasteiger partial charge in [-0.1, -0.05) is 216 Å². The van der Waals surface area contributed by atoms with Crippen LogP contribution in [0.1, 0.15) is 181 Å². The minimum Gasteiger partial charge on any atom is -0.462 e. The Kier molecular flexibility index (Phi) is 50.7. The molecule has 1 atom stereocenters. The van der Waals surface area contributed by atoms with Crippen LogP contribution in [0.5, 0.6) is 0 Å². The van der Waals surface area contributed by atoms with E-state index in [2.05, 4.69) is 184 Å². The quantitative estimate of drug-likeness (QED) is 0.0375. The Labute approximate surface area is 404 Å². The monoisotopic (exact) mass is 905 g/mol. The minimum absolute atomic E-state index is 0.112. The maximum atomic E-state index is 12.3. The van der Waals surface area contributed by atoms with E-state index in [0.717, 1.165) is 122 Å². The Morgan fingerprint density at radius 2 is 0.621 bits per heavy atom. The standard InChI is InChI=1S/C61H92O5/c1-3-5-7-9-11-13-15-17-19-21-22-23-24-25-26-27-28-29-30-31-32-33-34-35-36-37-38-40-42-44-46-48-50-52-54-56-61(64)66-59(57-62)58-65-60(63)55-53-51-49-47-45-43-41-39-20-18-16-14-12-10-8-6-4-2/h5-8,11-14,17-20,22-23,25-26,28-29,31-32,34-35,37-38,41,43,47,49,59,62H,3-4,9-10,15-16,21,24,27,30,33,36,39-40,42,44-46,48,50-58H2,1-2H3/b7-5-,8-6-,13-11-,14-12-,19-17-,20-18-,23-22-,26-25-,29-28-,32-31-,35-34-,38-37-,43-41-,49-47-. The van der Waals surface area contributed by atoms with Crippen LogP contribution in [-0.2, 0) is 19.1 Å². The predicted molar refractivity (Wildman–Crippen MR) is 287 cm³/mol. The molecule has 66 heavy (non-hydrogen) atoms. The van der Waals surface area contributed by atoms with E-state index in [-0.39, 0.29) is 25.2 Å². The highest BCUT2D eigenvalue weighted by Gasteiger charge is 2.16. The number of ether oxygens (including phenoxy) is 2. The van der Waals surface area contributed by atoms with Gasteiger partial charge in [0.15, 0.2) is 6.10 Å². The van der Waals surface area contributed by atoms with Crippen molar-refractivity contribution in [1.29, 1.82) is 0 Å². The molecule has 0 aromatic rings. The van der Waals surface area contributed by atoms with Crippen molar-refractivity contribution >= 4 is 11.9 Å². The topological polar surface area (TPSA) is 72.8 Å². The van der Waals surface area contributed by atoms with Gasteiger partial charge < -0.3 is 14.6 Å². The fourth-order valence-corrected chi connectivity index (χ4v) is 6.23. The van der Waals surface area contributed by atoms with Crippen LogP contribution in [-0.4, -0.2) is 36.4 Å². The van der Waals surface area contributed by atoms with E-state index in [4.69, 9.17) is 9.47 Å². The number of aliphatic hydroxyl groups excluding tert-OH is 1. The molecule has 366 valence electrons. The van der Waals surface area contributed by atoms with Gasteiger partial charge in [0.2, 0.25) is 0 Å². The number of hydrogen-bond donors (Lipinski definition) is 1. The van der Waals surface area contributed by atoms with E-state index in [1.54, 1.807) is 0 Å². The lowest BCUT2D eigenvalue weighted by Crippen LogP contribution is -2.28. The van der Waals surface area contributed by atoms with Gasteiger partial charge in [-0.05, 0) is 122 Å². The van der Waals surface area contributed by atoms with E-state index in [1.807, 2.05) is 0 Å². The largest absolute Gasteiger partial charge is 0.462 e. The highest BCUT2D eigenvalue weighted by atomic mass is 16.6. The van der Waals surface area contributed by atoms with Gasteiger partial charge in [-0.25, -0.2) is 0 Å². The smallest absolute Gasteiger partial charge is 0.306 e. The number of hydrogen-bond acceptors (Lipinski definition) is 5. The Balaban J connectivity index is 3.69. The van der Waals surface area contributed by atoms with Crippen molar-refractivity contribution in [3.05, 3.63) is 170 Å². The summed E-state index contributed by atoms with van der Waals surface area (Å²) in [4.78, 5) is 24.4. The first-order chi connectivity index (χ1) is 32.6. The number of esters is 2. The van der Waals surface area contributed by atoms with Gasteiger partial charge in [0, 0.05) is 12.8 Å². The fourth-order valence-electron chi connectivity index (χ4n) is 6.23. The van der Waals surface area contributed by atoms with E-state index < -0.39 is 6.10 Å². The molecular weight excluding hydrogens is 813 g/mol. The number of aliphatic hydroxyl groups is 1. The molecule has 0 bridgehead atoms. The second-order valence-corrected chi connectivity index (χ2v) is 16.1. The van der Waals surface area contributed by atoms with Gasteiger partial charge in [-0.15, -0.1) is 0 Å². The Hall–Kier alpha value is -4.74. The molecule has 0 aliphatic rings. The third kappa shape index (κ3) is 51.9. The molecule has 0 fully saturated rings. The first-order valence-corrected chi connectivity index (χ1v) is 25.7. The summed E-state index contributed by atoms with van der Waals surface area (Å²) < 4.78 is 10.6. The molecule has 0 saturated heterocycles. The van der Waals surface area contributed by atoms with Gasteiger partial charge in [0.25, 0.3) is 0 Å². The van der Waals surface area contributed by atoms with E-state index >= 15 is 0 Å². The summed E-state index contributed by atoms with van der Waals surface area (Å²) in [6.07, 6.45) is 85.9. The summed E-state index contributed by atoms with van der Waals surface area (Å²) >= 11 is 0. The zero-order valence-electron chi connectivity index (χ0n) is 41.6. The zero-order valence-corrected chi connectivity index (χ0v) is 41.6. The van der Waals surface area contributed by atoms with Crippen LogP contribution in [0.4, 0.5) is 0 Å². The molecule has 0 aromatic carbocycles. The second-order valence-electron chi connectivity index (χ2n) is 16.1. The number of allylic oxidation sites excluding steroid dienone is 28. The molecule has 5 heteroatoms. The number of carbonyl (C=O) groups is 2. The van der Waals surface area contributed by atoms with Crippen LogP contribution < -0.4 is 0 Å². The molecular formula is C61H92O5. The highest BCUT2D eigenvalue weighted by molar-refractivity contribution is 5.70. The van der Waals surface area contributed by atoms with E-state index in [9.17, 15) is 14.7 Å². The second kappa shape index (κ2) is 54.6.